The molecule has 2 aromatic rings. The van der Waals surface area contributed by atoms with Gasteiger partial charge in [-0.1, -0.05) is 35.3 Å². The Hall–Kier alpha value is -2.35. The van der Waals surface area contributed by atoms with Crippen LogP contribution in [0.3, 0.4) is 0 Å². The van der Waals surface area contributed by atoms with Crippen LogP contribution >= 0.6 is 23.2 Å². The molecule has 0 unspecified atom stereocenters. The van der Waals surface area contributed by atoms with Crippen LogP contribution in [0.15, 0.2) is 42.6 Å². The molecule has 2 saturated heterocycles. The van der Waals surface area contributed by atoms with Crippen molar-refractivity contribution in [2.75, 3.05) is 37.6 Å². The Balaban J connectivity index is 1.61. The number of rotatable bonds is 6. The highest BCUT2D eigenvalue weighted by Gasteiger charge is 2.56. The number of ketones is 1. The first-order chi connectivity index (χ1) is 15.9. The van der Waals surface area contributed by atoms with Crippen molar-refractivity contribution >= 4 is 40.9 Å². The van der Waals surface area contributed by atoms with E-state index >= 15 is 0 Å². The van der Waals surface area contributed by atoms with Gasteiger partial charge < -0.3 is 15.3 Å². The number of carbonyl (C=O) groups is 2. The molecule has 2 atom stereocenters. The van der Waals surface area contributed by atoms with Crippen LogP contribution < -0.4 is 10.2 Å². The van der Waals surface area contributed by atoms with Gasteiger partial charge in [-0.15, -0.1) is 0 Å². The van der Waals surface area contributed by atoms with Crippen LogP contribution in [-0.4, -0.2) is 65.1 Å². The molecule has 4 rings (SSSR count). The Morgan fingerprint density at radius 3 is 2.39 bits per heavy atom. The lowest BCUT2D eigenvalue weighted by atomic mass is 9.72. The molecule has 2 aliphatic rings. The number of benzene rings is 1. The molecule has 3 heterocycles. The number of carboxylic acid groups (broad SMARTS) is 1. The number of hydrogen-bond donors (Lipinski definition) is 2. The highest BCUT2D eigenvalue weighted by molar-refractivity contribution is 6.30. The van der Waals surface area contributed by atoms with Gasteiger partial charge in [0.25, 0.3) is 0 Å². The van der Waals surface area contributed by atoms with Gasteiger partial charge in [0.15, 0.2) is 5.78 Å². The van der Waals surface area contributed by atoms with Crippen LogP contribution in [0.4, 0.5) is 10.6 Å². The van der Waals surface area contributed by atoms with Gasteiger partial charge in [-0.25, -0.2) is 9.78 Å². The summed E-state index contributed by atoms with van der Waals surface area (Å²) in [5.41, 5.74) is -0.236. The Morgan fingerprint density at radius 1 is 1.15 bits per heavy atom. The summed E-state index contributed by atoms with van der Waals surface area (Å²) < 4.78 is 0. The monoisotopic (exact) mass is 490 g/mol. The lowest BCUT2D eigenvalue weighted by Gasteiger charge is -2.45. The Morgan fingerprint density at radius 2 is 1.82 bits per heavy atom. The first-order valence-corrected chi connectivity index (χ1v) is 12.0. The second-order valence-electron chi connectivity index (χ2n) is 8.65. The van der Waals surface area contributed by atoms with Gasteiger partial charge in [0.05, 0.1) is 5.02 Å². The predicted molar refractivity (Wildman–Crippen MR) is 129 cm³/mol. The zero-order chi connectivity index (χ0) is 23.6. The normalized spacial score (nSPS) is 23.5. The van der Waals surface area contributed by atoms with Crippen LogP contribution in [0.5, 0.6) is 0 Å². The summed E-state index contributed by atoms with van der Waals surface area (Å²) in [4.78, 5) is 34.3. The number of pyridine rings is 1. The van der Waals surface area contributed by atoms with E-state index < -0.39 is 11.6 Å². The second-order valence-corrected chi connectivity index (χ2v) is 9.52. The van der Waals surface area contributed by atoms with E-state index in [9.17, 15) is 14.7 Å². The third-order valence-electron chi connectivity index (χ3n) is 6.95. The quantitative estimate of drug-likeness (QED) is 0.627. The van der Waals surface area contributed by atoms with E-state index in [1.165, 1.54) is 4.90 Å². The van der Waals surface area contributed by atoms with Gasteiger partial charge >= 0.3 is 6.09 Å². The molecule has 9 heteroatoms. The van der Waals surface area contributed by atoms with Gasteiger partial charge in [-0.05, 0) is 49.6 Å². The SMILES string of the molecule is CCN(C(=O)O)[C@]1(C(=O)C2CCN(c3ccc(Cl)cn3)CC2)CNC[C@H]1c1ccc(Cl)cc1. The summed E-state index contributed by atoms with van der Waals surface area (Å²) in [5, 5.41) is 14.6. The van der Waals surface area contributed by atoms with Crippen molar-refractivity contribution in [1.82, 2.24) is 15.2 Å². The number of nitrogens with zero attached hydrogens (tertiary/aromatic N) is 3. The molecule has 33 heavy (non-hydrogen) atoms. The van der Waals surface area contributed by atoms with Gasteiger partial charge in [0, 0.05) is 55.8 Å². The number of carbonyl (C=O) groups excluding carboxylic acids is 1. The van der Waals surface area contributed by atoms with E-state index in [1.54, 1.807) is 25.3 Å². The number of piperidine rings is 1. The maximum Gasteiger partial charge on any atom is 0.408 e. The van der Waals surface area contributed by atoms with Gasteiger partial charge in [-0.3, -0.25) is 9.69 Å². The smallest absolute Gasteiger partial charge is 0.408 e. The number of hydrogen-bond acceptors (Lipinski definition) is 5. The Kier molecular flexibility index (Phi) is 7.12. The van der Waals surface area contributed by atoms with Crippen LogP contribution in [0, 0.1) is 5.92 Å². The molecular weight excluding hydrogens is 463 g/mol. The molecule has 7 nitrogen and oxygen atoms in total. The maximum atomic E-state index is 14.1. The number of Topliss-reactive ketones (excluding diaryl/α,β-unsaturated/α-hetero) is 1. The van der Waals surface area contributed by atoms with Crippen molar-refractivity contribution < 1.29 is 14.7 Å². The van der Waals surface area contributed by atoms with E-state index in [0.717, 1.165) is 11.4 Å². The standard InChI is InChI=1S/C24H28Cl2N4O3/c1-2-30(23(32)33)24(15-27-14-20(24)16-3-5-18(25)6-4-16)22(31)17-9-11-29(12-10-17)21-8-7-19(26)13-28-21/h3-8,13,17,20,27H,2,9-12,14-15H2,1H3,(H,32,33)/t20-,24+/m0/s1. The first kappa shape index (κ1) is 23.8. The zero-order valence-corrected chi connectivity index (χ0v) is 20.0. The summed E-state index contributed by atoms with van der Waals surface area (Å²) in [6, 6.07) is 11.1. The fourth-order valence-corrected chi connectivity index (χ4v) is 5.57. The molecule has 1 amide bonds. The highest BCUT2D eigenvalue weighted by atomic mass is 35.5. The molecule has 0 radical (unpaired) electrons. The van der Waals surface area contributed by atoms with E-state index in [2.05, 4.69) is 15.2 Å². The van der Waals surface area contributed by atoms with E-state index in [4.69, 9.17) is 23.2 Å². The summed E-state index contributed by atoms with van der Waals surface area (Å²) in [7, 11) is 0. The minimum Gasteiger partial charge on any atom is -0.465 e. The fraction of sp³-hybridized carbons (Fsp3) is 0.458. The van der Waals surface area contributed by atoms with E-state index in [1.807, 2.05) is 24.3 Å². The van der Waals surface area contributed by atoms with Gasteiger partial charge in [0.1, 0.15) is 11.4 Å². The third-order valence-corrected chi connectivity index (χ3v) is 7.42. The number of nitrogens with one attached hydrogen (secondary N) is 1. The number of amides is 1. The average molecular weight is 491 g/mol. The number of halogens is 2. The van der Waals surface area contributed by atoms with Crippen molar-refractivity contribution in [3.8, 4) is 0 Å². The molecular formula is C24H28Cl2N4O3. The van der Waals surface area contributed by atoms with Crippen LogP contribution in [0.2, 0.25) is 10.0 Å². The fourth-order valence-electron chi connectivity index (χ4n) is 5.33. The van der Waals surface area contributed by atoms with Crippen LogP contribution in [0.1, 0.15) is 31.2 Å². The zero-order valence-electron chi connectivity index (χ0n) is 18.5. The molecule has 0 bridgehead atoms. The summed E-state index contributed by atoms with van der Waals surface area (Å²) in [6.45, 7) is 4.22. The van der Waals surface area contributed by atoms with Crippen LogP contribution in [-0.2, 0) is 4.79 Å². The summed E-state index contributed by atoms with van der Waals surface area (Å²) in [5.74, 6) is 0.327. The largest absolute Gasteiger partial charge is 0.465 e. The molecule has 1 aromatic carbocycles. The second kappa shape index (κ2) is 9.87. The summed E-state index contributed by atoms with van der Waals surface area (Å²) in [6.07, 6.45) is 1.84. The molecule has 0 saturated carbocycles. The summed E-state index contributed by atoms with van der Waals surface area (Å²) >= 11 is 12.0. The minimum atomic E-state index is -1.15. The Labute approximate surface area is 203 Å². The first-order valence-electron chi connectivity index (χ1n) is 11.2. The number of likely N-dealkylation sites (N-methyl/N-ethyl adjacent to an activating group) is 1. The molecule has 2 aliphatic heterocycles. The minimum absolute atomic E-state index is 0.000385. The van der Waals surface area contributed by atoms with Gasteiger partial charge in [0.2, 0.25) is 0 Å². The van der Waals surface area contributed by atoms with Crippen molar-refractivity contribution in [2.45, 2.75) is 31.2 Å². The molecule has 0 spiro atoms. The topological polar surface area (TPSA) is 85.8 Å². The lowest BCUT2D eigenvalue weighted by molar-refractivity contribution is -0.135. The molecule has 2 fully saturated rings. The van der Waals surface area contributed by atoms with E-state index in [-0.39, 0.29) is 24.2 Å². The molecule has 176 valence electrons. The van der Waals surface area contributed by atoms with Gasteiger partial charge in [-0.2, -0.15) is 0 Å². The Bertz CT molecular complexity index is 994. The average Bonchev–Trinajstić information content (AvgIpc) is 3.25. The lowest BCUT2D eigenvalue weighted by Crippen LogP contribution is -2.63. The van der Waals surface area contributed by atoms with Crippen molar-refractivity contribution in [3.63, 3.8) is 0 Å². The molecule has 0 aliphatic carbocycles. The number of anilines is 1. The maximum absolute atomic E-state index is 14.1. The van der Waals surface area contributed by atoms with E-state index in [0.29, 0.717) is 49.1 Å². The highest BCUT2D eigenvalue weighted by Crippen LogP contribution is 2.41. The predicted octanol–water partition coefficient (Wildman–Crippen LogP) is 4.30. The number of aromatic nitrogens is 1. The van der Waals surface area contributed by atoms with Crippen LogP contribution in [0.25, 0.3) is 0 Å². The van der Waals surface area contributed by atoms with Crippen molar-refractivity contribution in [3.05, 3.63) is 58.2 Å². The molecule has 1 aromatic heterocycles. The molecule has 2 N–H and O–H groups in total. The van der Waals surface area contributed by atoms with Crippen molar-refractivity contribution in [1.29, 1.82) is 0 Å². The third kappa shape index (κ3) is 4.54. The van der Waals surface area contributed by atoms with Crippen molar-refractivity contribution in [2.24, 2.45) is 5.92 Å².